The quantitative estimate of drug-likeness (QED) is 0.753. The maximum absolute atomic E-state index is 12.0. The van der Waals surface area contributed by atoms with Crippen LogP contribution in [0.25, 0.3) is 0 Å². The first-order valence-corrected chi connectivity index (χ1v) is 9.81. The van der Waals surface area contributed by atoms with Crippen molar-refractivity contribution in [1.29, 1.82) is 0 Å². The van der Waals surface area contributed by atoms with Crippen LogP contribution in [0.15, 0.2) is 35.4 Å². The lowest BCUT2D eigenvalue weighted by atomic mass is 9.85. The third-order valence-electron chi connectivity index (χ3n) is 4.69. The van der Waals surface area contributed by atoms with Gasteiger partial charge in [-0.25, -0.2) is 0 Å². The highest BCUT2D eigenvalue weighted by Gasteiger charge is 2.48. The van der Waals surface area contributed by atoms with E-state index in [2.05, 4.69) is 5.32 Å². The van der Waals surface area contributed by atoms with Gasteiger partial charge in [-0.15, -0.1) is 0 Å². The van der Waals surface area contributed by atoms with E-state index in [1.165, 1.54) is 11.0 Å². The molecule has 2 aliphatic rings. The number of halogens is 1. The molecule has 2 N–H and O–H groups in total. The Kier molecular flexibility index (Phi) is 7.24. The normalized spacial score (nSPS) is 21.2. The molecule has 2 unspecified atom stereocenters. The summed E-state index contributed by atoms with van der Waals surface area (Å²) in [6, 6.07) is 6.51. The van der Waals surface area contributed by atoms with E-state index in [-0.39, 0.29) is 47.4 Å². The highest BCUT2D eigenvalue weighted by Crippen LogP contribution is 2.39. The van der Waals surface area contributed by atoms with E-state index in [0.29, 0.717) is 23.4 Å². The maximum atomic E-state index is 12.0. The Morgan fingerprint density at radius 2 is 1.75 bits per heavy atom. The van der Waals surface area contributed by atoms with E-state index in [4.69, 9.17) is 11.6 Å². The lowest BCUT2D eigenvalue weighted by molar-refractivity contribution is -0.141. The SMILES string of the molecule is CC(C)N1C(=O)C2CC=C(Cl)CC2C1=O.CC(C)NC(=O)c1ccccc1O. The predicted octanol–water partition coefficient (Wildman–Crippen LogP) is 3.44. The number of hydrogen-bond acceptors (Lipinski definition) is 4. The lowest BCUT2D eigenvalue weighted by Crippen LogP contribution is -2.37. The molecule has 1 aliphatic carbocycles. The number of carbonyl (C=O) groups excluding carboxylic acids is 3. The largest absolute Gasteiger partial charge is 0.507 e. The zero-order valence-electron chi connectivity index (χ0n) is 16.6. The fourth-order valence-electron chi connectivity index (χ4n) is 3.37. The number of amides is 3. The van der Waals surface area contributed by atoms with Crippen molar-refractivity contribution >= 4 is 29.3 Å². The van der Waals surface area contributed by atoms with Crippen molar-refractivity contribution in [3.05, 3.63) is 40.9 Å². The number of nitrogens with one attached hydrogen (secondary N) is 1. The van der Waals surface area contributed by atoms with Crippen molar-refractivity contribution in [1.82, 2.24) is 10.2 Å². The summed E-state index contributed by atoms with van der Waals surface area (Å²) in [4.78, 5) is 36.7. The molecule has 3 amide bonds. The van der Waals surface area contributed by atoms with Gasteiger partial charge in [0.1, 0.15) is 5.75 Å². The summed E-state index contributed by atoms with van der Waals surface area (Å²) >= 11 is 5.90. The average molecular weight is 407 g/mol. The summed E-state index contributed by atoms with van der Waals surface area (Å²) < 4.78 is 0. The molecule has 0 saturated carbocycles. The van der Waals surface area contributed by atoms with Crippen molar-refractivity contribution < 1.29 is 19.5 Å². The zero-order valence-corrected chi connectivity index (χ0v) is 17.4. The predicted molar refractivity (Wildman–Crippen MR) is 108 cm³/mol. The second-order valence-electron chi connectivity index (χ2n) is 7.59. The van der Waals surface area contributed by atoms with Gasteiger partial charge in [-0.3, -0.25) is 19.3 Å². The van der Waals surface area contributed by atoms with Crippen LogP contribution in [0.1, 0.15) is 50.9 Å². The highest BCUT2D eigenvalue weighted by molar-refractivity contribution is 6.30. The number of aromatic hydroxyl groups is 1. The second kappa shape index (κ2) is 9.24. The van der Waals surface area contributed by atoms with Gasteiger partial charge in [-0.1, -0.05) is 29.8 Å². The number of imide groups is 1. The van der Waals surface area contributed by atoms with Gasteiger partial charge in [0.05, 0.1) is 17.4 Å². The Labute approximate surface area is 170 Å². The minimum absolute atomic E-state index is 0.0145. The summed E-state index contributed by atoms with van der Waals surface area (Å²) in [5, 5.41) is 12.7. The molecule has 1 saturated heterocycles. The van der Waals surface area contributed by atoms with Gasteiger partial charge in [-0.05, 0) is 52.7 Å². The second-order valence-corrected chi connectivity index (χ2v) is 8.07. The van der Waals surface area contributed by atoms with Gasteiger partial charge in [0.2, 0.25) is 11.8 Å². The number of phenolic OH excluding ortho intramolecular Hbond substituents is 1. The van der Waals surface area contributed by atoms with Crippen LogP contribution in [0.4, 0.5) is 0 Å². The lowest BCUT2D eigenvalue weighted by Gasteiger charge is -2.18. The number of benzene rings is 1. The Bertz CT molecular complexity index is 788. The summed E-state index contributed by atoms with van der Waals surface area (Å²) in [6.07, 6.45) is 3.00. The van der Waals surface area contributed by atoms with E-state index in [9.17, 15) is 19.5 Å². The first-order valence-electron chi connectivity index (χ1n) is 9.43. The minimum atomic E-state index is -0.242. The van der Waals surface area contributed by atoms with Crippen LogP contribution in [0.5, 0.6) is 5.75 Å². The third kappa shape index (κ3) is 4.93. The number of phenols is 1. The number of nitrogens with zero attached hydrogens (tertiary/aromatic N) is 1. The zero-order chi connectivity index (χ0) is 21.0. The molecule has 1 aromatic carbocycles. The molecular weight excluding hydrogens is 380 g/mol. The first-order chi connectivity index (χ1) is 13.1. The molecule has 7 heteroatoms. The molecule has 1 aromatic rings. The Morgan fingerprint density at radius 1 is 1.14 bits per heavy atom. The number of carbonyl (C=O) groups is 3. The Hall–Kier alpha value is -2.34. The van der Waals surface area contributed by atoms with Gasteiger partial charge >= 0.3 is 0 Å². The van der Waals surface area contributed by atoms with E-state index in [1.54, 1.807) is 18.2 Å². The monoisotopic (exact) mass is 406 g/mol. The summed E-state index contributed by atoms with van der Waals surface area (Å²) in [5.41, 5.74) is 0.316. The standard InChI is InChI=1S/C11H14ClNO2.C10H13NO2/c1-6(2)13-10(14)8-4-3-7(12)5-9(8)11(13)15;1-7(2)11-10(13)8-5-3-4-6-9(8)12/h3,6,8-9H,4-5H2,1-2H3;3-7,12H,1-2H3,(H,11,13). The number of likely N-dealkylation sites (tertiary alicyclic amines) is 1. The molecule has 3 rings (SSSR count). The molecular formula is C21H27ClN2O4. The first kappa shape index (κ1) is 22.0. The van der Waals surface area contributed by atoms with E-state index >= 15 is 0 Å². The Morgan fingerprint density at radius 3 is 2.32 bits per heavy atom. The average Bonchev–Trinajstić information content (AvgIpc) is 2.85. The molecule has 1 heterocycles. The van der Waals surface area contributed by atoms with Crippen molar-refractivity contribution in [2.75, 3.05) is 0 Å². The third-order valence-corrected chi connectivity index (χ3v) is 5.00. The fourth-order valence-corrected chi connectivity index (χ4v) is 3.62. The minimum Gasteiger partial charge on any atom is -0.507 e. The van der Waals surface area contributed by atoms with Gasteiger partial charge in [0.25, 0.3) is 5.91 Å². The van der Waals surface area contributed by atoms with Gasteiger partial charge in [-0.2, -0.15) is 0 Å². The summed E-state index contributed by atoms with van der Waals surface area (Å²) in [5.74, 6) is -0.680. The fraction of sp³-hybridized carbons (Fsp3) is 0.476. The topological polar surface area (TPSA) is 86.7 Å². The molecule has 0 aromatic heterocycles. The summed E-state index contributed by atoms with van der Waals surface area (Å²) in [6.45, 7) is 7.47. The highest BCUT2D eigenvalue weighted by atomic mass is 35.5. The van der Waals surface area contributed by atoms with Crippen LogP contribution in [0.3, 0.4) is 0 Å². The maximum Gasteiger partial charge on any atom is 0.255 e. The number of para-hydroxylation sites is 1. The molecule has 28 heavy (non-hydrogen) atoms. The van der Waals surface area contributed by atoms with Gasteiger partial charge in [0.15, 0.2) is 0 Å². The molecule has 0 bridgehead atoms. The van der Waals surface area contributed by atoms with E-state index in [0.717, 1.165) is 0 Å². The van der Waals surface area contributed by atoms with Crippen LogP contribution >= 0.6 is 11.6 Å². The van der Waals surface area contributed by atoms with Crippen LogP contribution in [-0.2, 0) is 9.59 Å². The molecule has 0 radical (unpaired) electrons. The van der Waals surface area contributed by atoms with E-state index < -0.39 is 0 Å². The number of hydrogen-bond donors (Lipinski definition) is 2. The summed E-state index contributed by atoms with van der Waals surface area (Å²) in [7, 11) is 0. The van der Waals surface area contributed by atoms with Crippen molar-refractivity contribution in [3.63, 3.8) is 0 Å². The molecule has 1 fully saturated rings. The molecule has 6 nitrogen and oxygen atoms in total. The molecule has 2 atom stereocenters. The number of allylic oxidation sites excluding steroid dienone is 2. The van der Waals surface area contributed by atoms with Crippen LogP contribution in [-0.4, -0.2) is 39.8 Å². The molecule has 152 valence electrons. The van der Waals surface area contributed by atoms with Crippen LogP contribution < -0.4 is 5.32 Å². The number of rotatable bonds is 3. The van der Waals surface area contributed by atoms with Crippen molar-refractivity contribution in [2.45, 2.75) is 52.6 Å². The van der Waals surface area contributed by atoms with Crippen molar-refractivity contribution in [2.24, 2.45) is 11.8 Å². The Balaban J connectivity index is 0.000000203. The van der Waals surface area contributed by atoms with Crippen LogP contribution in [0, 0.1) is 11.8 Å². The number of fused-ring (bicyclic) bond motifs is 1. The van der Waals surface area contributed by atoms with Gasteiger partial charge in [0, 0.05) is 17.1 Å². The van der Waals surface area contributed by atoms with E-state index in [1.807, 2.05) is 33.8 Å². The smallest absolute Gasteiger partial charge is 0.255 e. The molecule has 0 spiro atoms. The molecule has 1 aliphatic heterocycles. The van der Waals surface area contributed by atoms with Crippen LogP contribution in [0.2, 0.25) is 0 Å². The van der Waals surface area contributed by atoms with Gasteiger partial charge < -0.3 is 10.4 Å². The van der Waals surface area contributed by atoms with Crippen molar-refractivity contribution in [3.8, 4) is 5.75 Å².